The first-order valence-corrected chi connectivity index (χ1v) is 5.51. The quantitative estimate of drug-likeness (QED) is 0.688. The summed E-state index contributed by atoms with van der Waals surface area (Å²) in [6, 6.07) is 10.5. The van der Waals surface area contributed by atoms with E-state index in [4.69, 9.17) is 4.74 Å². The van der Waals surface area contributed by atoms with Crippen molar-refractivity contribution in [2.45, 2.75) is 12.5 Å². The molecule has 0 spiro atoms. The Hall–Kier alpha value is -0.430. The second kappa shape index (κ2) is 4.88. The summed E-state index contributed by atoms with van der Waals surface area (Å²) in [5, 5.41) is 0. The van der Waals surface area contributed by atoms with E-state index in [1.165, 1.54) is 5.56 Å². The minimum Gasteiger partial charge on any atom is -0.375 e. The molecule has 1 saturated heterocycles. The molecule has 0 N–H and O–H groups in total. The van der Waals surface area contributed by atoms with E-state index in [1.54, 1.807) is 0 Å². The van der Waals surface area contributed by atoms with Crippen LogP contribution in [0.3, 0.4) is 0 Å². The Balaban J connectivity index is 1.91. The topological polar surface area (TPSA) is 12.5 Å². The third-order valence-electron chi connectivity index (χ3n) is 2.48. The van der Waals surface area contributed by atoms with Crippen molar-refractivity contribution in [2.24, 2.45) is 0 Å². The van der Waals surface area contributed by atoms with Gasteiger partial charge in [0.1, 0.15) is 0 Å². The van der Waals surface area contributed by atoms with E-state index in [9.17, 15) is 0 Å². The predicted octanol–water partition coefficient (Wildman–Crippen LogP) is 1.72. The van der Waals surface area contributed by atoms with Gasteiger partial charge in [-0.05, 0) is 12.0 Å². The van der Waals surface area contributed by atoms with Crippen molar-refractivity contribution in [1.29, 1.82) is 0 Å². The molecule has 1 fully saturated rings. The van der Waals surface area contributed by atoms with Crippen LogP contribution in [0.2, 0.25) is 0 Å². The molecule has 14 heavy (non-hydrogen) atoms. The smallest absolute Gasteiger partial charge is 0.0746 e. The van der Waals surface area contributed by atoms with Gasteiger partial charge in [-0.15, -0.1) is 0 Å². The maximum absolute atomic E-state index is 5.70. The van der Waals surface area contributed by atoms with Crippen LogP contribution in [0.15, 0.2) is 30.3 Å². The highest BCUT2D eigenvalue weighted by atomic mass is 31.0. The van der Waals surface area contributed by atoms with Crippen molar-refractivity contribution in [1.82, 2.24) is 4.67 Å². The summed E-state index contributed by atoms with van der Waals surface area (Å²) in [7, 11) is 2.75. The molecule has 1 heterocycles. The van der Waals surface area contributed by atoms with Crippen molar-refractivity contribution >= 4 is 9.39 Å². The van der Waals surface area contributed by atoms with E-state index in [1.807, 2.05) is 6.07 Å². The average Bonchev–Trinajstić information content (AvgIpc) is 2.19. The summed E-state index contributed by atoms with van der Waals surface area (Å²) in [6.07, 6.45) is 1.37. The van der Waals surface area contributed by atoms with Crippen LogP contribution in [0.4, 0.5) is 0 Å². The van der Waals surface area contributed by atoms with Crippen LogP contribution in [0.1, 0.15) is 5.56 Å². The summed E-state index contributed by atoms with van der Waals surface area (Å²) in [6.45, 7) is 2.89. The largest absolute Gasteiger partial charge is 0.375 e. The zero-order chi connectivity index (χ0) is 9.80. The SMILES string of the molecule is PN1CCOC(Cc2ccccc2)C1. The molecular formula is C11H16NOP. The maximum atomic E-state index is 5.70. The molecule has 76 valence electrons. The number of hydrogen-bond acceptors (Lipinski definition) is 2. The molecule has 1 aliphatic heterocycles. The fraction of sp³-hybridized carbons (Fsp3) is 0.455. The molecule has 0 radical (unpaired) electrons. The van der Waals surface area contributed by atoms with Gasteiger partial charge in [0.25, 0.3) is 0 Å². The second-order valence-corrected chi connectivity index (χ2v) is 4.41. The summed E-state index contributed by atoms with van der Waals surface area (Å²) in [4.78, 5) is 0. The van der Waals surface area contributed by atoms with Crippen molar-refractivity contribution in [3.63, 3.8) is 0 Å². The van der Waals surface area contributed by atoms with Gasteiger partial charge in [0, 0.05) is 13.1 Å². The lowest BCUT2D eigenvalue weighted by molar-refractivity contribution is 0.00224. The zero-order valence-corrected chi connectivity index (χ0v) is 9.38. The van der Waals surface area contributed by atoms with Gasteiger partial charge in [0.2, 0.25) is 0 Å². The molecule has 1 aromatic carbocycles. The molecule has 0 aromatic heterocycles. The Morgan fingerprint density at radius 1 is 1.36 bits per heavy atom. The van der Waals surface area contributed by atoms with Crippen LogP contribution >= 0.6 is 9.39 Å². The van der Waals surface area contributed by atoms with Gasteiger partial charge in [-0.2, -0.15) is 0 Å². The van der Waals surface area contributed by atoms with Crippen LogP contribution in [-0.4, -0.2) is 30.5 Å². The van der Waals surface area contributed by atoms with E-state index in [0.717, 1.165) is 26.1 Å². The Labute approximate surface area is 87.5 Å². The van der Waals surface area contributed by atoms with E-state index >= 15 is 0 Å². The van der Waals surface area contributed by atoms with Gasteiger partial charge in [-0.25, -0.2) is 0 Å². The highest BCUT2D eigenvalue weighted by molar-refractivity contribution is 7.13. The lowest BCUT2D eigenvalue weighted by Crippen LogP contribution is -2.37. The third-order valence-corrected chi connectivity index (χ3v) is 2.95. The van der Waals surface area contributed by atoms with E-state index < -0.39 is 0 Å². The predicted molar refractivity (Wildman–Crippen MR) is 61.2 cm³/mol. The number of ether oxygens (including phenoxy) is 1. The van der Waals surface area contributed by atoms with Gasteiger partial charge in [0.05, 0.1) is 12.7 Å². The zero-order valence-electron chi connectivity index (χ0n) is 8.23. The Bertz CT molecular complexity index is 278. The van der Waals surface area contributed by atoms with Gasteiger partial charge in [0.15, 0.2) is 0 Å². The lowest BCUT2D eigenvalue weighted by atomic mass is 10.1. The Kier molecular flexibility index (Phi) is 3.52. The van der Waals surface area contributed by atoms with E-state index in [-0.39, 0.29) is 0 Å². The van der Waals surface area contributed by atoms with Crippen molar-refractivity contribution in [3.05, 3.63) is 35.9 Å². The van der Waals surface area contributed by atoms with Crippen LogP contribution in [-0.2, 0) is 11.2 Å². The number of nitrogens with zero attached hydrogens (tertiary/aromatic N) is 1. The van der Waals surface area contributed by atoms with Crippen molar-refractivity contribution in [3.8, 4) is 0 Å². The van der Waals surface area contributed by atoms with Crippen molar-refractivity contribution < 1.29 is 4.74 Å². The molecule has 1 aromatic rings. The second-order valence-electron chi connectivity index (χ2n) is 3.68. The van der Waals surface area contributed by atoms with Gasteiger partial charge in [-0.1, -0.05) is 39.7 Å². The van der Waals surface area contributed by atoms with E-state index in [0.29, 0.717) is 6.10 Å². The summed E-state index contributed by atoms with van der Waals surface area (Å²) in [5.74, 6) is 0. The molecule has 3 heteroatoms. The Morgan fingerprint density at radius 3 is 2.86 bits per heavy atom. The molecule has 0 amide bonds. The molecule has 2 nitrogen and oxygen atoms in total. The first kappa shape index (κ1) is 10.1. The summed E-state index contributed by atoms with van der Waals surface area (Å²) >= 11 is 0. The summed E-state index contributed by atoms with van der Waals surface area (Å²) in [5.41, 5.74) is 1.36. The van der Waals surface area contributed by atoms with Crippen LogP contribution in [0, 0.1) is 0 Å². The third kappa shape index (κ3) is 2.78. The highest BCUT2D eigenvalue weighted by Crippen LogP contribution is 2.13. The maximum Gasteiger partial charge on any atom is 0.0746 e. The normalized spacial score (nSPS) is 23.6. The average molecular weight is 209 g/mol. The van der Waals surface area contributed by atoms with Crippen LogP contribution in [0.25, 0.3) is 0 Å². The first-order chi connectivity index (χ1) is 6.84. The molecule has 2 atom stereocenters. The first-order valence-electron chi connectivity index (χ1n) is 5.00. The molecule has 0 saturated carbocycles. The number of benzene rings is 1. The fourth-order valence-electron chi connectivity index (χ4n) is 1.74. The standard InChI is InChI=1S/C11H16NOP/c14-12-6-7-13-11(9-12)8-10-4-2-1-3-5-10/h1-5,11H,6-9,14H2. The fourth-order valence-corrected chi connectivity index (χ4v) is 2.08. The minimum atomic E-state index is 0.351. The van der Waals surface area contributed by atoms with Gasteiger partial charge >= 0.3 is 0 Å². The number of rotatable bonds is 2. The van der Waals surface area contributed by atoms with Crippen molar-refractivity contribution in [2.75, 3.05) is 19.7 Å². The molecule has 0 bridgehead atoms. The highest BCUT2D eigenvalue weighted by Gasteiger charge is 2.17. The van der Waals surface area contributed by atoms with Crippen LogP contribution < -0.4 is 0 Å². The number of hydrogen-bond donors (Lipinski definition) is 0. The van der Waals surface area contributed by atoms with Gasteiger partial charge in [-0.3, -0.25) is 4.67 Å². The molecule has 1 aliphatic rings. The van der Waals surface area contributed by atoms with Gasteiger partial charge < -0.3 is 4.74 Å². The monoisotopic (exact) mass is 209 g/mol. The minimum absolute atomic E-state index is 0.351. The lowest BCUT2D eigenvalue weighted by Gasteiger charge is -2.29. The molecule has 0 aliphatic carbocycles. The number of morpholine rings is 1. The summed E-state index contributed by atoms with van der Waals surface area (Å²) < 4.78 is 7.94. The molecular weight excluding hydrogens is 193 g/mol. The molecule has 2 rings (SSSR count). The Morgan fingerprint density at radius 2 is 2.14 bits per heavy atom. The molecule has 2 unspecified atom stereocenters. The van der Waals surface area contributed by atoms with E-state index in [2.05, 4.69) is 38.3 Å². The van der Waals surface area contributed by atoms with Crippen LogP contribution in [0.5, 0.6) is 0 Å².